The lowest BCUT2D eigenvalue weighted by Crippen LogP contribution is -2.29. The first-order valence-electron chi connectivity index (χ1n) is 3.54. The van der Waals surface area contributed by atoms with Gasteiger partial charge in [-0.3, -0.25) is 0 Å². The van der Waals surface area contributed by atoms with E-state index in [9.17, 15) is 13.2 Å². The second kappa shape index (κ2) is 2.82. The zero-order valence-corrected chi connectivity index (χ0v) is 6.65. The fraction of sp³-hybridized carbons (Fsp3) is 0.167. The third-order valence-electron chi connectivity index (χ3n) is 1.46. The number of aromatic nitrogens is 4. The predicted octanol–water partition coefficient (Wildman–Crippen LogP) is 0.890. The standard InChI is InChI=1S/C6H4F3N5/c7-6(8,9)13-14-3-12-4-1-10-2-11-5(4)14/h1-3,13H. The maximum Gasteiger partial charge on any atom is 0.496 e. The molecule has 5 nitrogen and oxygen atoms in total. The van der Waals surface area contributed by atoms with E-state index in [1.165, 1.54) is 11.6 Å². The molecule has 0 saturated heterocycles. The van der Waals surface area contributed by atoms with Gasteiger partial charge in [0.1, 0.15) is 18.2 Å². The third kappa shape index (κ3) is 1.58. The molecular weight excluding hydrogens is 199 g/mol. The topological polar surface area (TPSA) is 55.6 Å². The van der Waals surface area contributed by atoms with Crippen molar-refractivity contribution in [3.63, 3.8) is 0 Å². The molecule has 0 atom stereocenters. The molecule has 0 amide bonds. The molecule has 0 fully saturated rings. The van der Waals surface area contributed by atoms with Gasteiger partial charge in [0.05, 0.1) is 6.20 Å². The van der Waals surface area contributed by atoms with Crippen molar-refractivity contribution in [2.45, 2.75) is 6.30 Å². The van der Waals surface area contributed by atoms with E-state index in [4.69, 9.17) is 0 Å². The van der Waals surface area contributed by atoms with Crippen molar-refractivity contribution < 1.29 is 13.2 Å². The maximum atomic E-state index is 11.9. The maximum absolute atomic E-state index is 11.9. The molecule has 14 heavy (non-hydrogen) atoms. The van der Waals surface area contributed by atoms with Crippen molar-refractivity contribution in [1.29, 1.82) is 0 Å². The van der Waals surface area contributed by atoms with Gasteiger partial charge in [-0.05, 0) is 0 Å². The van der Waals surface area contributed by atoms with Crippen LogP contribution in [0.25, 0.3) is 11.2 Å². The van der Waals surface area contributed by atoms with E-state index in [0.29, 0.717) is 10.2 Å². The molecule has 0 aliphatic carbocycles. The van der Waals surface area contributed by atoms with Crippen LogP contribution in [0.2, 0.25) is 0 Å². The Morgan fingerprint density at radius 1 is 1.29 bits per heavy atom. The molecule has 2 aromatic heterocycles. The predicted molar refractivity (Wildman–Crippen MR) is 40.7 cm³/mol. The Hall–Kier alpha value is -1.86. The number of rotatable bonds is 1. The van der Waals surface area contributed by atoms with E-state index >= 15 is 0 Å². The first-order chi connectivity index (χ1) is 6.56. The van der Waals surface area contributed by atoms with Crippen LogP contribution in [-0.2, 0) is 0 Å². The Morgan fingerprint density at radius 3 is 2.79 bits per heavy atom. The molecule has 74 valence electrons. The SMILES string of the molecule is FC(F)(F)Nn1cnc2cncnc21. The number of alkyl halides is 3. The highest BCUT2D eigenvalue weighted by Crippen LogP contribution is 2.14. The van der Waals surface area contributed by atoms with Gasteiger partial charge in [0, 0.05) is 0 Å². The highest BCUT2D eigenvalue weighted by Gasteiger charge is 2.28. The molecule has 0 unspecified atom stereocenters. The summed E-state index contributed by atoms with van der Waals surface area (Å²) in [5, 5.41) is 0. The highest BCUT2D eigenvalue weighted by molar-refractivity contribution is 5.69. The second-order valence-electron chi connectivity index (χ2n) is 2.46. The van der Waals surface area contributed by atoms with Crippen LogP contribution in [0.5, 0.6) is 0 Å². The summed E-state index contributed by atoms with van der Waals surface area (Å²) in [5.74, 6) is 0. The summed E-state index contributed by atoms with van der Waals surface area (Å²) in [5.41, 5.74) is 1.64. The Balaban J connectivity index is 2.44. The summed E-state index contributed by atoms with van der Waals surface area (Å²) < 4.78 is 36.5. The quantitative estimate of drug-likeness (QED) is 0.699. The van der Waals surface area contributed by atoms with Crippen molar-refractivity contribution in [3.8, 4) is 0 Å². The molecule has 0 radical (unpaired) electrons. The first-order valence-corrected chi connectivity index (χ1v) is 3.54. The molecule has 2 heterocycles. The Bertz CT molecular complexity index is 448. The van der Waals surface area contributed by atoms with Crippen LogP contribution >= 0.6 is 0 Å². The fourth-order valence-electron chi connectivity index (χ4n) is 0.986. The fourth-order valence-corrected chi connectivity index (χ4v) is 0.986. The van der Waals surface area contributed by atoms with E-state index in [0.717, 1.165) is 12.7 Å². The van der Waals surface area contributed by atoms with Crippen LogP contribution in [0.15, 0.2) is 18.9 Å². The average molecular weight is 203 g/mol. The molecule has 0 spiro atoms. The summed E-state index contributed by atoms with van der Waals surface area (Å²) in [7, 11) is 0. The van der Waals surface area contributed by atoms with Gasteiger partial charge in [0.15, 0.2) is 5.65 Å². The number of fused-ring (bicyclic) bond motifs is 1. The van der Waals surface area contributed by atoms with Gasteiger partial charge >= 0.3 is 6.30 Å². The highest BCUT2D eigenvalue weighted by atomic mass is 19.4. The van der Waals surface area contributed by atoms with Gasteiger partial charge in [-0.1, -0.05) is 0 Å². The zero-order valence-electron chi connectivity index (χ0n) is 6.65. The van der Waals surface area contributed by atoms with E-state index in [-0.39, 0.29) is 5.65 Å². The van der Waals surface area contributed by atoms with Crippen molar-refractivity contribution in [2.75, 3.05) is 5.43 Å². The van der Waals surface area contributed by atoms with Crippen molar-refractivity contribution in [2.24, 2.45) is 0 Å². The molecular formula is C6H4F3N5. The minimum Gasteiger partial charge on any atom is -0.242 e. The lowest BCUT2D eigenvalue weighted by Gasteiger charge is -2.09. The van der Waals surface area contributed by atoms with Crippen LogP contribution in [0.3, 0.4) is 0 Å². The Labute approximate surface area is 75.6 Å². The second-order valence-corrected chi connectivity index (χ2v) is 2.46. The molecule has 8 heteroatoms. The monoisotopic (exact) mass is 203 g/mol. The zero-order chi connectivity index (χ0) is 10.2. The molecule has 0 aliphatic heterocycles. The molecule has 0 bridgehead atoms. The van der Waals surface area contributed by atoms with E-state index in [1.807, 2.05) is 0 Å². The molecule has 1 N–H and O–H groups in total. The summed E-state index contributed by atoms with van der Waals surface area (Å²) >= 11 is 0. The van der Waals surface area contributed by atoms with E-state index < -0.39 is 6.30 Å². The number of imidazole rings is 1. The number of nitrogens with zero attached hydrogens (tertiary/aromatic N) is 4. The molecule has 0 aromatic carbocycles. The molecule has 0 saturated carbocycles. The lowest BCUT2D eigenvalue weighted by atomic mass is 10.6. The van der Waals surface area contributed by atoms with Gasteiger partial charge in [0.25, 0.3) is 0 Å². The van der Waals surface area contributed by atoms with Gasteiger partial charge < -0.3 is 0 Å². The van der Waals surface area contributed by atoms with Gasteiger partial charge in [-0.2, -0.15) is 0 Å². The average Bonchev–Trinajstić information content (AvgIpc) is 2.47. The first kappa shape index (κ1) is 8.73. The van der Waals surface area contributed by atoms with Crippen molar-refractivity contribution in [1.82, 2.24) is 19.6 Å². The lowest BCUT2D eigenvalue weighted by molar-refractivity contribution is -0.111. The smallest absolute Gasteiger partial charge is 0.242 e. The minimum absolute atomic E-state index is 0.0809. The van der Waals surface area contributed by atoms with E-state index in [1.54, 1.807) is 0 Å². The van der Waals surface area contributed by atoms with Crippen molar-refractivity contribution in [3.05, 3.63) is 18.9 Å². The largest absolute Gasteiger partial charge is 0.496 e. The minimum atomic E-state index is -4.52. The van der Waals surface area contributed by atoms with Crippen molar-refractivity contribution >= 4 is 11.2 Å². The number of hydrogen-bond acceptors (Lipinski definition) is 4. The number of hydrogen-bond donors (Lipinski definition) is 1. The summed E-state index contributed by atoms with van der Waals surface area (Å²) in [6.45, 7) is 0. The van der Waals surface area contributed by atoms with Crippen LogP contribution in [-0.4, -0.2) is 25.9 Å². The number of nitrogens with one attached hydrogen (secondary N) is 1. The molecule has 2 rings (SSSR count). The van der Waals surface area contributed by atoms with Gasteiger partial charge in [-0.25, -0.2) is 25.1 Å². The van der Waals surface area contributed by atoms with Crippen LogP contribution in [0.4, 0.5) is 13.2 Å². The van der Waals surface area contributed by atoms with Gasteiger partial charge in [-0.15, -0.1) is 13.2 Å². The number of halogens is 3. The van der Waals surface area contributed by atoms with Crippen LogP contribution < -0.4 is 5.43 Å². The summed E-state index contributed by atoms with van der Waals surface area (Å²) in [6.07, 6.45) is -1.04. The normalized spacial score (nSPS) is 11.9. The Kier molecular flexibility index (Phi) is 1.76. The Morgan fingerprint density at radius 2 is 2.07 bits per heavy atom. The summed E-state index contributed by atoms with van der Waals surface area (Å²) in [4.78, 5) is 11.0. The van der Waals surface area contributed by atoms with Crippen LogP contribution in [0, 0.1) is 0 Å². The van der Waals surface area contributed by atoms with Gasteiger partial charge in [0.2, 0.25) is 0 Å². The molecule has 0 aliphatic rings. The van der Waals surface area contributed by atoms with E-state index in [2.05, 4.69) is 15.0 Å². The van der Waals surface area contributed by atoms with Crippen LogP contribution in [0.1, 0.15) is 0 Å². The molecule has 2 aromatic rings. The summed E-state index contributed by atoms with van der Waals surface area (Å²) in [6, 6.07) is 0. The third-order valence-corrected chi connectivity index (χ3v) is 1.46.